The fourth-order valence-corrected chi connectivity index (χ4v) is 2.39. The number of nitrogens with zero attached hydrogens (tertiary/aromatic N) is 2. The number of carbonyl (C=O) groups excluding carboxylic acids is 1. The van der Waals surface area contributed by atoms with Crippen LogP contribution in [0.5, 0.6) is 5.75 Å². The van der Waals surface area contributed by atoms with Crippen LogP contribution in [0.1, 0.15) is 24.8 Å². The van der Waals surface area contributed by atoms with Gasteiger partial charge in [0, 0.05) is 18.7 Å². The topological polar surface area (TPSA) is 32.8 Å². The van der Waals surface area contributed by atoms with Crippen LogP contribution in [-0.2, 0) is 11.2 Å². The van der Waals surface area contributed by atoms with E-state index < -0.39 is 0 Å². The van der Waals surface area contributed by atoms with Crippen LogP contribution in [0.3, 0.4) is 0 Å². The largest absolute Gasteiger partial charge is 0.361 e. The lowest BCUT2D eigenvalue weighted by atomic mass is 10.1. The molecule has 1 amide bonds. The first-order chi connectivity index (χ1) is 8.34. The predicted molar refractivity (Wildman–Crippen MR) is 63.0 cm³/mol. The standard InChI is InChI=1S/C13H16N2O2/c16-13-10-11-6-2-3-7-12(11)17-15(13)14-8-4-1-5-9-14/h2-3,6-7H,1,4-5,8-10H2. The molecule has 4 heteroatoms. The highest BCUT2D eigenvalue weighted by atomic mass is 16.7. The van der Waals surface area contributed by atoms with Crippen LogP contribution in [0.4, 0.5) is 0 Å². The quantitative estimate of drug-likeness (QED) is 0.739. The summed E-state index contributed by atoms with van der Waals surface area (Å²) in [5.74, 6) is 0.836. The Balaban J connectivity index is 1.81. The SMILES string of the molecule is O=C1Cc2ccccc2ON1N1CCCCC1. The van der Waals surface area contributed by atoms with Crippen molar-refractivity contribution in [3.8, 4) is 5.75 Å². The maximum atomic E-state index is 12.0. The second kappa shape index (κ2) is 4.37. The number of para-hydroxylation sites is 1. The molecule has 0 bridgehead atoms. The van der Waals surface area contributed by atoms with Gasteiger partial charge in [0.2, 0.25) is 0 Å². The molecule has 0 aromatic heterocycles. The van der Waals surface area contributed by atoms with Crippen LogP contribution in [0.2, 0.25) is 0 Å². The number of hydrazine groups is 1. The summed E-state index contributed by atoms with van der Waals surface area (Å²) in [5, 5.41) is 3.48. The number of hydroxylamine groups is 1. The van der Waals surface area contributed by atoms with Gasteiger partial charge in [-0.15, -0.1) is 0 Å². The van der Waals surface area contributed by atoms with Crippen molar-refractivity contribution in [2.24, 2.45) is 0 Å². The van der Waals surface area contributed by atoms with E-state index in [1.807, 2.05) is 29.3 Å². The van der Waals surface area contributed by atoms with Gasteiger partial charge in [0.1, 0.15) is 0 Å². The molecular formula is C13H16N2O2. The zero-order valence-electron chi connectivity index (χ0n) is 9.76. The smallest absolute Gasteiger partial charge is 0.277 e. The molecule has 0 atom stereocenters. The van der Waals surface area contributed by atoms with Crippen molar-refractivity contribution in [3.05, 3.63) is 29.8 Å². The molecule has 17 heavy (non-hydrogen) atoms. The molecule has 90 valence electrons. The van der Waals surface area contributed by atoms with Crippen molar-refractivity contribution >= 4 is 5.91 Å². The summed E-state index contributed by atoms with van der Waals surface area (Å²) in [6, 6.07) is 7.73. The molecule has 1 aromatic carbocycles. The number of benzene rings is 1. The summed E-state index contributed by atoms with van der Waals surface area (Å²) in [6.07, 6.45) is 3.95. The molecule has 0 N–H and O–H groups in total. The fraction of sp³-hybridized carbons (Fsp3) is 0.462. The molecule has 0 saturated carbocycles. The first-order valence-electron chi connectivity index (χ1n) is 6.18. The van der Waals surface area contributed by atoms with Crippen LogP contribution in [0.15, 0.2) is 24.3 Å². The number of fused-ring (bicyclic) bond motifs is 1. The number of piperidine rings is 1. The third kappa shape index (κ3) is 2.00. The van der Waals surface area contributed by atoms with E-state index in [1.54, 1.807) is 0 Å². The van der Waals surface area contributed by atoms with Gasteiger partial charge in [0.05, 0.1) is 6.42 Å². The maximum absolute atomic E-state index is 12.0. The maximum Gasteiger partial charge on any atom is 0.277 e. The Kier molecular flexibility index (Phi) is 2.73. The van der Waals surface area contributed by atoms with Gasteiger partial charge in [0.15, 0.2) is 5.75 Å². The Labute approximate surface area is 101 Å². The van der Waals surface area contributed by atoms with Gasteiger partial charge < -0.3 is 4.84 Å². The van der Waals surface area contributed by atoms with Crippen molar-refractivity contribution in [1.82, 2.24) is 10.2 Å². The van der Waals surface area contributed by atoms with Gasteiger partial charge in [0.25, 0.3) is 5.91 Å². The summed E-state index contributed by atoms with van der Waals surface area (Å²) in [6.45, 7) is 1.82. The first kappa shape index (κ1) is 10.6. The lowest BCUT2D eigenvalue weighted by molar-refractivity contribution is -0.228. The Morgan fingerprint density at radius 1 is 1.06 bits per heavy atom. The molecule has 2 aliphatic rings. The van der Waals surface area contributed by atoms with Gasteiger partial charge in [-0.1, -0.05) is 29.8 Å². The fourth-order valence-electron chi connectivity index (χ4n) is 2.39. The van der Waals surface area contributed by atoms with Gasteiger partial charge in [-0.2, -0.15) is 5.01 Å². The van der Waals surface area contributed by atoms with E-state index in [2.05, 4.69) is 0 Å². The minimum absolute atomic E-state index is 0.0330. The number of amides is 1. The van der Waals surface area contributed by atoms with Crippen LogP contribution in [-0.4, -0.2) is 29.2 Å². The first-order valence-corrected chi connectivity index (χ1v) is 6.18. The van der Waals surface area contributed by atoms with Crippen LogP contribution >= 0.6 is 0 Å². The summed E-state index contributed by atoms with van der Waals surface area (Å²) in [5.41, 5.74) is 0.978. The van der Waals surface area contributed by atoms with Gasteiger partial charge in [-0.25, -0.2) is 0 Å². The monoisotopic (exact) mass is 232 g/mol. The predicted octanol–water partition coefficient (Wildman–Crippen LogP) is 1.77. The minimum Gasteiger partial charge on any atom is -0.361 e. The van der Waals surface area contributed by atoms with E-state index in [0.29, 0.717) is 6.42 Å². The second-order valence-corrected chi connectivity index (χ2v) is 4.56. The summed E-state index contributed by atoms with van der Waals surface area (Å²) >= 11 is 0. The number of carbonyl (C=O) groups is 1. The Hall–Kier alpha value is -1.55. The molecule has 2 aliphatic heterocycles. The molecular weight excluding hydrogens is 216 g/mol. The van der Waals surface area contributed by atoms with Crippen molar-refractivity contribution in [1.29, 1.82) is 0 Å². The van der Waals surface area contributed by atoms with Crippen molar-refractivity contribution in [3.63, 3.8) is 0 Å². The zero-order chi connectivity index (χ0) is 11.7. The van der Waals surface area contributed by atoms with Crippen molar-refractivity contribution < 1.29 is 9.63 Å². The zero-order valence-corrected chi connectivity index (χ0v) is 9.76. The van der Waals surface area contributed by atoms with Crippen LogP contribution < -0.4 is 4.84 Å². The highest BCUT2D eigenvalue weighted by Gasteiger charge is 2.30. The summed E-state index contributed by atoms with van der Waals surface area (Å²) in [7, 11) is 0. The molecule has 3 rings (SSSR count). The Morgan fingerprint density at radius 2 is 1.82 bits per heavy atom. The average molecular weight is 232 g/mol. The van der Waals surface area contributed by atoms with Crippen molar-refractivity contribution in [2.75, 3.05) is 13.1 Å². The molecule has 2 heterocycles. The highest BCUT2D eigenvalue weighted by Crippen LogP contribution is 2.26. The van der Waals surface area contributed by atoms with E-state index in [4.69, 9.17) is 4.84 Å². The van der Waals surface area contributed by atoms with Crippen LogP contribution in [0, 0.1) is 0 Å². The average Bonchev–Trinajstić information content (AvgIpc) is 2.39. The number of hydrogen-bond acceptors (Lipinski definition) is 3. The van der Waals surface area contributed by atoms with E-state index >= 15 is 0 Å². The third-order valence-corrected chi connectivity index (χ3v) is 3.30. The Bertz CT molecular complexity index is 427. The normalized spacial score (nSPS) is 20.9. The molecule has 1 aromatic rings. The lowest BCUT2D eigenvalue weighted by Crippen LogP contribution is -2.52. The molecule has 0 aliphatic carbocycles. The molecule has 4 nitrogen and oxygen atoms in total. The lowest BCUT2D eigenvalue weighted by Gasteiger charge is -2.38. The summed E-state index contributed by atoms with van der Waals surface area (Å²) < 4.78 is 0. The minimum atomic E-state index is 0.0330. The van der Waals surface area contributed by atoms with E-state index in [0.717, 1.165) is 37.2 Å². The van der Waals surface area contributed by atoms with Crippen molar-refractivity contribution in [2.45, 2.75) is 25.7 Å². The number of rotatable bonds is 1. The highest BCUT2D eigenvalue weighted by molar-refractivity contribution is 5.79. The van der Waals surface area contributed by atoms with Crippen LogP contribution in [0.25, 0.3) is 0 Å². The van der Waals surface area contributed by atoms with Gasteiger partial charge in [-0.3, -0.25) is 4.79 Å². The summed E-state index contributed by atoms with van der Waals surface area (Å²) in [4.78, 5) is 17.7. The molecule has 1 fully saturated rings. The third-order valence-electron chi connectivity index (χ3n) is 3.30. The molecule has 0 radical (unpaired) electrons. The van der Waals surface area contributed by atoms with E-state index in [9.17, 15) is 4.79 Å². The second-order valence-electron chi connectivity index (χ2n) is 4.56. The Morgan fingerprint density at radius 3 is 2.65 bits per heavy atom. The molecule has 1 saturated heterocycles. The number of hydrogen-bond donors (Lipinski definition) is 0. The van der Waals surface area contributed by atoms with Gasteiger partial charge in [-0.05, 0) is 18.9 Å². The van der Waals surface area contributed by atoms with E-state index in [1.165, 1.54) is 11.6 Å². The van der Waals surface area contributed by atoms with E-state index in [-0.39, 0.29) is 5.91 Å². The van der Waals surface area contributed by atoms with Gasteiger partial charge >= 0.3 is 0 Å². The molecule has 0 unspecified atom stereocenters. The molecule has 0 spiro atoms.